The van der Waals surface area contributed by atoms with Crippen LogP contribution in [-0.4, -0.2) is 132 Å². The van der Waals surface area contributed by atoms with Crippen LogP contribution in [-0.2, 0) is 107 Å². The molecule has 0 aliphatic carbocycles. The van der Waals surface area contributed by atoms with Gasteiger partial charge < -0.3 is 42.7 Å². The van der Waals surface area contributed by atoms with Gasteiger partial charge in [0.2, 0.25) is 25.6 Å². The van der Waals surface area contributed by atoms with E-state index in [1.54, 1.807) is 0 Å². The maximum atomic E-state index is 12.6. The van der Waals surface area contributed by atoms with Crippen molar-refractivity contribution in [3.05, 3.63) is 376 Å². The quantitative estimate of drug-likeness (QED) is 0.00740. The van der Waals surface area contributed by atoms with Crippen molar-refractivity contribution >= 4 is 92.8 Å². The maximum Gasteiger partial charge on any atom is 0.315 e. The first-order chi connectivity index (χ1) is 71.0. The number of hydrogen-bond acceptors (Lipinski definition) is 17. The van der Waals surface area contributed by atoms with E-state index in [1.165, 1.54) is 37.2 Å². The second kappa shape index (κ2) is 70.1. The van der Waals surface area contributed by atoms with Crippen molar-refractivity contribution < 1.29 is 67.7 Å². The second-order valence-corrected chi connectivity index (χ2v) is 34.8. The number of fused-ring (bicyclic) bond motifs is 4. The zero-order chi connectivity index (χ0) is 103. The van der Waals surface area contributed by atoms with Crippen LogP contribution >= 0.6 is 0 Å². The monoisotopic (exact) mass is 1970 g/mol. The number of nitrogens with one attached hydrogen (secondary N) is 7. The average Bonchev–Trinajstić information content (AvgIpc) is 0.842. The van der Waals surface area contributed by atoms with Gasteiger partial charge in [0.1, 0.15) is 32.5 Å². The van der Waals surface area contributed by atoms with Crippen LogP contribution in [0.5, 0.6) is 0 Å². The van der Waals surface area contributed by atoms with E-state index in [-0.39, 0.29) is 69.0 Å². The predicted molar refractivity (Wildman–Crippen MR) is 575 cm³/mol. The van der Waals surface area contributed by atoms with E-state index in [9.17, 15) is 43.3 Å². The summed E-state index contributed by atoms with van der Waals surface area (Å²) in [6.07, 6.45) is 15.8. The molecule has 10 N–H and O–H groups in total. The third-order valence-corrected chi connectivity index (χ3v) is 23.6. The van der Waals surface area contributed by atoms with Crippen LogP contribution in [0.25, 0.3) is 43.1 Å². The lowest BCUT2D eigenvalue weighted by molar-refractivity contribution is -0.184. The van der Waals surface area contributed by atoms with Crippen molar-refractivity contribution in [2.24, 2.45) is 16.8 Å². The normalized spacial score (nSPS) is 11.7. The summed E-state index contributed by atoms with van der Waals surface area (Å²) >= 11 is 0. The minimum atomic E-state index is -0.895. The van der Waals surface area contributed by atoms with E-state index in [2.05, 4.69) is 148 Å². The fourth-order valence-electron chi connectivity index (χ4n) is 15.6. The highest BCUT2D eigenvalue weighted by molar-refractivity contribution is 5.89. The van der Waals surface area contributed by atoms with Gasteiger partial charge in [-0.25, -0.2) is 40.1 Å². The van der Waals surface area contributed by atoms with Crippen LogP contribution in [0.4, 0.5) is 14.4 Å². The SMILES string of the molecule is CCCC[C@H](CN(C=O)OCc1ccccc1)C(=O)O.CCCC[C@H](CN(C=O)OCc1ccccc1)N=O.CCCC[C@H](CN(C=O)OCc1ccccc1)NC(=O)NCc1cccc2ccccc12.CCCC[C@H](CN(C=O)OCc1ccccc1)NC(=O)NCc1cccc2ccccc12.CCCC[C@H](CNOCc1ccccc1)NC(=O)NCc1cccc2ccccc12.NCc1cccc2ccccc12. The van der Waals surface area contributed by atoms with Gasteiger partial charge >= 0.3 is 24.1 Å². The molecule has 13 aromatic carbocycles. The minimum Gasteiger partial charge on any atom is -0.481 e. The number of benzene rings is 13. The van der Waals surface area contributed by atoms with Crippen LogP contribution in [0.1, 0.15) is 181 Å². The van der Waals surface area contributed by atoms with Crippen molar-refractivity contribution in [2.75, 3.05) is 32.7 Å². The number of aliphatic carboxylic acids is 1. The molecule has 10 amide bonds. The molecule has 28 nitrogen and oxygen atoms in total. The number of carboxylic acids is 1. The number of hydrogen-bond donors (Lipinski definition) is 9. The highest BCUT2D eigenvalue weighted by Crippen LogP contribution is 2.24. The van der Waals surface area contributed by atoms with E-state index >= 15 is 0 Å². The molecule has 5 atom stereocenters. The number of urea groups is 3. The summed E-state index contributed by atoms with van der Waals surface area (Å²) in [7, 11) is 0. The summed E-state index contributed by atoms with van der Waals surface area (Å²) < 4.78 is 0. The first-order valence-electron chi connectivity index (χ1n) is 50.2. The summed E-state index contributed by atoms with van der Waals surface area (Å²) in [6.45, 7) is 15.4. The molecular formula is C117H145N13O15. The Bertz CT molecular complexity index is 5670. The smallest absolute Gasteiger partial charge is 0.315 e. The predicted octanol–water partition coefficient (Wildman–Crippen LogP) is 22.2. The Morgan fingerprint density at radius 2 is 0.593 bits per heavy atom. The number of nitrogens with zero attached hydrogens (tertiary/aromatic N) is 5. The third kappa shape index (κ3) is 45.3. The first-order valence-corrected chi connectivity index (χ1v) is 50.2. The van der Waals surface area contributed by atoms with Crippen LogP contribution in [0.2, 0.25) is 0 Å². The Labute approximate surface area is 853 Å². The fraction of sp³-hybridized carbons (Fsp3) is 0.333. The molecule has 0 radical (unpaired) electrons. The van der Waals surface area contributed by atoms with Crippen molar-refractivity contribution in [3.63, 3.8) is 0 Å². The average molecular weight is 1970 g/mol. The zero-order valence-corrected chi connectivity index (χ0v) is 84.3. The van der Waals surface area contributed by atoms with E-state index in [0.29, 0.717) is 97.6 Å². The highest BCUT2D eigenvalue weighted by Gasteiger charge is 2.24. The molecule has 0 bridgehead atoms. The van der Waals surface area contributed by atoms with Crippen molar-refractivity contribution in [3.8, 4) is 0 Å². The van der Waals surface area contributed by atoms with Gasteiger partial charge in [0, 0.05) is 38.8 Å². The Balaban J connectivity index is 0.000000218. The van der Waals surface area contributed by atoms with Crippen molar-refractivity contribution in [1.29, 1.82) is 0 Å². The topological polar surface area (TPSA) is 356 Å². The molecule has 0 fully saturated rings. The molecule has 0 saturated carbocycles. The number of nitrogens with two attached hydrogens (primary N) is 1. The Morgan fingerprint density at radius 3 is 0.910 bits per heavy atom. The summed E-state index contributed by atoms with van der Waals surface area (Å²) in [5, 5.41) is 44.3. The molecule has 0 aromatic heterocycles. The van der Waals surface area contributed by atoms with Gasteiger partial charge in [-0.1, -0.05) is 426 Å². The fourth-order valence-corrected chi connectivity index (χ4v) is 15.6. The summed E-state index contributed by atoms with van der Waals surface area (Å²) in [5.41, 5.74) is 18.0. The van der Waals surface area contributed by atoms with Gasteiger partial charge in [0.15, 0.2) is 0 Å². The molecule has 13 rings (SSSR count). The van der Waals surface area contributed by atoms with Gasteiger partial charge in [-0.2, -0.15) is 4.91 Å². The van der Waals surface area contributed by atoms with Crippen LogP contribution in [0.3, 0.4) is 0 Å². The van der Waals surface area contributed by atoms with Crippen LogP contribution < -0.4 is 43.1 Å². The van der Waals surface area contributed by atoms with Gasteiger partial charge in [-0.15, -0.1) is 0 Å². The summed E-state index contributed by atoms with van der Waals surface area (Å²) in [5.74, 6) is -1.48. The number of amides is 10. The molecule has 768 valence electrons. The number of carbonyl (C=O) groups is 8. The first kappa shape index (κ1) is 116. The van der Waals surface area contributed by atoms with Crippen molar-refractivity contribution in [1.82, 2.24) is 57.6 Å². The molecule has 13 aromatic rings. The Kier molecular flexibility index (Phi) is 55.9. The number of carboxylic acid groups (broad SMARTS) is 1. The lowest BCUT2D eigenvalue weighted by atomic mass is 10.0. The highest BCUT2D eigenvalue weighted by atomic mass is 16.7. The van der Waals surface area contributed by atoms with E-state index < -0.39 is 17.9 Å². The summed E-state index contributed by atoms with van der Waals surface area (Å²) in [4.78, 5) is 132. The molecule has 0 saturated heterocycles. The van der Waals surface area contributed by atoms with Gasteiger partial charge in [-0.3, -0.25) is 48.2 Å². The van der Waals surface area contributed by atoms with E-state index in [4.69, 9.17) is 35.0 Å². The van der Waals surface area contributed by atoms with Crippen molar-refractivity contribution in [2.45, 2.75) is 214 Å². The Hall–Kier alpha value is -14.6. The molecule has 145 heavy (non-hydrogen) atoms. The van der Waals surface area contributed by atoms with Crippen LogP contribution in [0, 0.1) is 10.8 Å². The second-order valence-electron chi connectivity index (χ2n) is 34.8. The molecule has 0 heterocycles. The molecule has 0 aliphatic rings. The molecule has 0 aliphatic heterocycles. The number of carbonyl (C=O) groups excluding carboxylic acids is 7. The number of nitroso groups, excluding NO2 is 1. The lowest BCUT2D eigenvalue weighted by Gasteiger charge is -2.25. The lowest BCUT2D eigenvalue weighted by Crippen LogP contribution is -2.47. The molecular weight excluding hydrogens is 1830 g/mol. The standard InChI is InChI=1S/2C26H31N3O3.C25H31N3O2.C15H21NO4.C14H20N2O3.C11H11N/c2*1-2-3-15-24(18-29(20-30)32-19-21-10-5-4-6-11-21)28-26(31)27-17-23-14-9-13-22-12-7-8-16-25(22)23;1-2-3-15-23(18-27-30-19-20-10-5-4-6-11-20)28-25(29)26-17-22-14-9-13-21-12-7-8-16-24(21)22;1-2-3-9-14(15(18)19)10-16(12-17)20-11-13-7-5-4-6-8-13;1-2-3-9-14(15-18)10-16(12-17)19-11-13-7-5-4-6-8-13;12-8-10-6-3-5-9-4-1-2-7-11(9)10/h2*4-14,16,20,24H,2-3,15,17-19H2,1H3,(H2,27,28,31);4-14,16,23,27H,2-3,15,17-19H2,1H3,(H2,26,28,29);4-8,12,14H,2-3,9-11H2,1H3,(H,18,19);4-8,12,14H,2-3,9-11H2,1H3;1-7H,8,12H2/t2*24-;23-;2*14-;/m11111./s1. The Morgan fingerprint density at radius 1 is 0.324 bits per heavy atom. The van der Waals surface area contributed by atoms with E-state index in [0.717, 1.165) is 160 Å². The number of unbranched alkanes of at least 4 members (excludes halogenated alkanes) is 5. The third-order valence-electron chi connectivity index (χ3n) is 23.6. The maximum absolute atomic E-state index is 12.6. The largest absolute Gasteiger partial charge is 0.481 e. The molecule has 28 heteroatoms. The van der Waals surface area contributed by atoms with E-state index in [1.807, 2.05) is 250 Å². The molecule has 0 unspecified atom stereocenters. The van der Waals surface area contributed by atoms with Gasteiger partial charge in [0.25, 0.3) is 0 Å². The minimum absolute atomic E-state index is 0.00763. The van der Waals surface area contributed by atoms with Crippen LogP contribution in [0.15, 0.2) is 327 Å². The van der Waals surface area contributed by atoms with Gasteiger partial charge in [-0.05, 0) is 125 Å². The number of rotatable bonds is 56. The molecule has 0 spiro atoms. The zero-order valence-electron chi connectivity index (χ0n) is 84.3. The summed E-state index contributed by atoms with van der Waals surface area (Å²) in [6, 6.07) is 104. The number of hydroxylamine groups is 9. The van der Waals surface area contributed by atoms with Gasteiger partial charge in [0.05, 0.1) is 50.8 Å².